The predicted molar refractivity (Wildman–Crippen MR) is 110 cm³/mol. The largest absolute Gasteiger partial charge is 0.416 e. The first-order valence-corrected chi connectivity index (χ1v) is 10.4. The van der Waals surface area contributed by atoms with Crippen LogP contribution in [0.25, 0.3) is 0 Å². The fraction of sp³-hybridized carbons (Fsp3) is 0.524. The first-order chi connectivity index (χ1) is 14.7. The number of piperidine rings is 1. The molecule has 2 unspecified atom stereocenters. The highest BCUT2D eigenvalue weighted by Crippen LogP contribution is 2.33. The van der Waals surface area contributed by atoms with Crippen LogP contribution in [0, 0.1) is 0 Å². The number of hydrogen-bond acceptors (Lipinski definition) is 6. The normalized spacial score (nSPS) is 22.2. The molecule has 0 spiro atoms. The molecule has 2 saturated heterocycles. The van der Waals surface area contributed by atoms with Gasteiger partial charge < -0.3 is 15.1 Å². The van der Waals surface area contributed by atoms with E-state index in [1.807, 2.05) is 0 Å². The summed E-state index contributed by atoms with van der Waals surface area (Å²) in [6.07, 6.45) is -0.163. The average molecular weight is 434 g/mol. The van der Waals surface area contributed by atoms with Crippen molar-refractivity contribution in [3.63, 3.8) is 0 Å². The smallest absolute Gasteiger partial charge is 0.346 e. The van der Waals surface area contributed by atoms with E-state index in [-0.39, 0.29) is 23.7 Å². The van der Waals surface area contributed by atoms with Crippen LogP contribution in [0.4, 0.5) is 30.8 Å². The zero-order valence-corrected chi connectivity index (χ0v) is 17.5. The van der Waals surface area contributed by atoms with Gasteiger partial charge in [-0.2, -0.15) is 18.2 Å². The Balaban J connectivity index is 1.67. The van der Waals surface area contributed by atoms with Gasteiger partial charge in [0.15, 0.2) is 0 Å². The van der Waals surface area contributed by atoms with Gasteiger partial charge in [0.1, 0.15) is 11.6 Å². The summed E-state index contributed by atoms with van der Waals surface area (Å²) >= 11 is 0. The molecule has 1 amide bonds. The summed E-state index contributed by atoms with van der Waals surface area (Å²) in [6, 6.07) is 3.88. The molecule has 166 valence electrons. The third-order valence-electron chi connectivity index (χ3n) is 5.97. The molecule has 2 aliphatic rings. The maximum atomic E-state index is 13.1. The van der Waals surface area contributed by atoms with Gasteiger partial charge in [-0.15, -0.1) is 0 Å². The summed E-state index contributed by atoms with van der Waals surface area (Å²) in [4.78, 5) is 29.4. The number of amides is 1. The van der Waals surface area contributed by atoms with Crippen molar-refractivity contribution in [2.75, 3.05) is 30.4 Å². The summed E-state index contributed by atoms with van der Waals surface area (Å²) < 4.78 is 39.2. The van der Waals surface area contributed by atoms with Crippen LogP contribution in [-0.4, -0.2) is 51.9 Å². The molecule has 10 heteroatoms. The van der Waals surface area contributed by atoms with Crippen LogP contribution in [0.5, 0.6) is 0 Å². The van der Waals surface area contributed by atoms with Gasteiger partial charge in [-0.25, -0.2) is 9.97 Å². The van der Waals surface area contributed by atoms with Crippen LogP contribution < -0.4 is 10.2 Å². The molecular formula is C21H25F3N6O. The zero-order valence-electron chi connectivity index (χ0n) is 17.5. The third-order valence-corrected chi connectivity index (χ3v) is 5.97. The highest BCUT2D eigenvalue weighted by molar-refractivity contribution is 5.77. The van der Waals surface area contributed by atoms with Gasteiger partial charge >= 0.3 is 6.18 Å². The van der Waals surface area contributed by atoms with Gasteiger partial charge in [-0.3, -0.25) is 4.79 Å². The number of carbonyl (C=O) groups is 1. The second-order valence-corrected chi connectivity index (χ2v) is 8.22. The molecule has 0 radical (unpaired) electrons. The van der Waals surface area contributed by atoms with Crippen LogP contribution in [0.15, 0.2) is 24.4 Å². The van der Waals surface area contributed by atoms with E-state index in [1.165, 1.54) is 0 Å². The Kier molecular flexibility index (Phi) is 5.72. The minimum atomic E-state index is -4.46. The van der Waals surface area contributed by atoms with Crippen molar-refractivity contribution < 1.29 is 18.0 Å². The SMILES string of the molecule is CC1CCCN1c1nc(Nc2cc(C(F)(F)F)ccn2)cc(C2CCN(C)C(=O)C2)n1. The lowest BCUT2D eigenvalue weighted by Crippen LogP contribution is -2.35. The third kappa shape index (κ3) is 4.72. The van der Waals surface area contributed by atoms with Crippen molar-refractivity contribution in [3.05, 3.63) is 35.7 Å². The zero-order chi connectivity index (χ0) is 22.2. The first kappa shape index (κ1) is 21.3. The van der Waals surface area contributed by atoms with Crippen molar-refractivity contribution in [3.8, 4) is 0 Å². The lowest BCUT2D eigenvalue weighted by molar-refractivity contribution is -0.137. The summed E-state index contributed by atoms with van der Waals surface area (Å²) in [5.74, 6) is 0.957. The number of hydrogen-bond donors (Lipinski definition) is 1. The van der Waals surface area contributed by atoms with E-state index >= 15 is 0 Å². The number of rotatable bonds is 4. The van der Waals surface area contributed by atoms with Gasteiger partial charge in [0.05, 0.1) is 11.3 Å². The quantitative estimate of drug-likeness (QED) is 0.785. The van der Waals surface area contributed by atoms with Gasteiger partial charge in [0.2, 0.25) is 11.9 Å². The molecule has 0 saturated carbocycles. The topological polar surface area (TPSA) is 74.2 Å². The van der Waals surface area contributed by atoms with Crippen LogP contribution in [0.3, 0.4) is 0 Å². The van der Waals surface area contributed by atoms with Crippen LogP contribution in [0.1, 0.15) is 49.8 Å². The number of carbonyl (C=O) groups excluding carboxylic acids is 1. The molecule has 2 aliphatic heterocycles. The number of anilines is 3. The molecule has 2 atom stereocenters. The summed E-state index contributed by atoms with van der Waals surface area (Å²) in [6.45, 7) is 3.56. The van der Waals surface area contributed by atoms with Gasteiger partial charge in [-0.1, -0.05) is 0 Å². The Morgan fingerprint density at radius 3 is 2.61 bits per heavy atom. The molecule has 4 rings (SSSR count). The minimum Gasteiger partial charge on any atom is -0.346 e. The first-order valence-electron chi connectivity index (χ1n) is 10.4. The number of nitrogens with zero attached hydrogens (tertiary/aromatic N) is 5. The predicted octanol–water partition coefficient (Wildman–Crippen LogP) is 3.96. The highest BCUT2D eigenvalue weighted by atomic mass is 19.4. The molecule has 2 aromatic heterocycles. The van der Waals surface area contributed by atoms with Gasteiger partial charge in [0, 0.05) is 50.8 Å². The molecule has 0 bridgehead atoms. The van der Waals surface area contributed by atoms with E-state index < -0.39 is 11.7 Å². The minimum absolute atomic E-state index is 0.0550. The molecule has 1 N–H and O–H groups in total. The van der Waals surface area contributed by atoms with E-state index in [4.69, 9.17) is 4.98 Å². The second kappa shape index (κ2) is 8.32. The van der Waals surface area contributed by atoms with Crippen molar-refractivity contribution in [2.24, 2.45) is 0 Å². The Morgan fingerprint density at radius 2 is 1.94 bits per heavy atom. The van der Waals surface area contributed by atoms with E-state index in [0.717, 1.165) is 49.8 Å². The van der Waals surface area contributed by atoms with E-state index in [2.05, 4.69) is 27.1 Å². The molecule has 31 heavy (non-hydrogen) atoms. The molecular weight excluding hydrogens is 409 g/mol. The van der Waals surface area contributed by atoms with Crippen LogP contribution in [0.2, 0.25) is 0 Å². The second-order valence-electron chi connectivity index (χ2n) is 8.22. The number of alkyl halides is 3. The van der Waals surface area contributed by atoms with Gasteiger partial charge in [0.25, 0.3) is 0 Å². The fourth-order valence-electron chi connectivity index (χ4n) is 4.09. The van der Waals surface area contributed by atoms with E-state index in [0.29, 0.717) is 24.7 Å². The number of aromatic nitrogens is 3. The van der Waals surface area contributed by atoms with Crippen molar-refractivity contribution >= 4 is 23.5 Å². The van der Waals surface area contributed by atoms with Gasteiger partial charge in [-0.05, 0) is 38.3 Å². The average Bonchev–Trinajstić information content (AvgIpc) is 3.15. The Labute approximate surface area is 178 Å². The van der Waals surface area contributed by atoms with Crippen molar-refractivity contribution in [2.45, 2.75) is 50.7 Å². The molecule has 0 aliphatic carbocycles. The lowest BCUT2D eigenvalue weighted by Gasteiger charge is -2.29. The summed E-state index contributed by atoms with van der Waals surface area (Å²) in [7, 11) is 1.78. The lowest BCUT2D eigenvalue weighted by atomic mass is 9.93. The molecule has 7 nitrogen and oxygen atoms in total. The van der Waals surface area contributed by atoms with E-state index in [9.17, 15) is 18.0 Å². The monoisotopic (exact) mass is 434 g/mol. The Bertz CT molecular complexity index is 966. The highest BCUT2D eigenvalue weighted by Gasteiger charge is 2.31. The maximum Gasteiger partial charge on any atom is 0.416 e. The maximum absolute atomic E-state index is 13.1. The fourth-order valence-corrected chi connectivity index (χ4v) is 4.09. The molecule has 4 heterocycles. The molecule has 0 aromatic carbocycles. The molecule has 2 aromatic rings. The Morgan fingerprint density at radius 1 is 1.13 bits per heavy atom. The van der Waals surface area contributed by atoms with Crippen molar-refractivity contribution in [1.82, 2.24) is 19.9 Å². The van der Waals surface area contributed by atoms with Crippen molar-refractivity contribution in [1.29, 1.82) is 0 Å². The summed E-state index contributed by atoms with van der Waals surface area (Å²) in [5, 5.41) is 2.91. The number of halogens is 3. The molecule has 2 fully saturated rings. The Hall–Kier alpha value is -2.91. The summed E-state index contributed by atoms with van der Waals surface area (Å²) in [5.41, 5.74) is -0.0615. The number of pyridine rings is 1. The standard InChI is InChI=1S/C21H25F3N6O/c1-13-4-3-8-30(13)20-26-16(14-6-9-29(2)19(31)10-14)12-18(28-20)27-17-11-15(5-7-25-17)21(22,23)24/h5,7,11-14H,3-4,6,8-10H2,1-2H3,(H,25,26,27,28). The number of nitrogens with one attached hydrogen (secondary N) is 1. The van der Waals surface area contributed by atoms with Crippen LogP contribution in [-0.2, 0) is 11.0 Å². The van der Waals surface area contributed by atoms with E-state index in [1.54, 1.807) is 18.0 Å². The number of likely N-dealkylation sites (tertiary alicyclic amines) is 1. The van der Waals surface area contributed by atoms with Crippen LogP contribution >= 0.6 is 0 Å².